The van der Waals surface area contributed by atoms with Gasteiger partial charge in [-0.15, -0.1) is 0 Å². The zero-order valence-electron chi connectivity index (χ0n) is 13.0. The van der Waals surface area contributed by atoms with Gasteiger partial charge in [-0.3, -0.25) is 4.79 Å². The van der Waals surface area contributed by atoms with Crippen molar-refractivity contribution < 1.29 is 4.79 Å². The topological polar surface area (TPSA) is 20.3 Å². The van der Waals surface area contributed by atoms with Gasteiger partial charge in [-0.05, 0) is 76.3 Å². The molecule has 2 nitrogen and oxygen atoms in total. The van der Waals surface area contributed by atoms with Crippen LogP contribution in [0.1, 0.15) is 59.3 Å². The third-order valence-electron chi connectivity index (χ3n) is 5.51. The Morgan fingerprint density at radius 1 is 1.05 bits per heavy atom. The molecule has 2 aliphatic rings. The van der Waals surface area contributed by atoms with Gasteiger partial charge in [0.2, 0.25) is 0 Å². The normalized spacial score (nSPS) is 30.7. The Balaban J connectivity index is 1.68. The lowest BCUT2D eigenvalue weighted by molar-refractivity contribution is -0.122. The first-order chi connectivity index (χ1) is 9.06. The monoisotopic (exact) mass is 265 g/mol. The first kappa shape index (κ1) is 15.0. The number of Topliss-reactive ketones (excluding diaryl/α,β-unsaturated/α-hetero) is 1. The van der Waals surface area contributed by atoms with Gasteiger partial charge in [0.05, 0.1) is 0 Å². The van der Waals surface area contributed by atoms with Crippen LogP contribution in [0.2, 0.25) is 0 Å². The van der Waals surface area contributed by atoms with Gasteiger partial charge in [0.1, 0.15) is 5.78 Å². The van der Waals surface area contributed by atoms with Crippen LogP contribution >= 0.6 is 0 Å². The van der Waals surface area contributed by atoms with Gasteiger partial charge in [0.15, 0.2) is 0 Å². The quantitative estimate of drug-likeness (QED) is 0.771. The lowest BCUT2D eigenvalue weighted by atomic mass is 9.76. The van der Waals surface area contributed by atoms with E-state index in [1.165, 1.54) is 32.2 Å². The minimum atomic E-state index is 0.355. The second-order valence-corrected chi connectivity index (χ2v) is 7.21. The second-order valence-electron chi connectivity index (χ2n) is 7.21. The molecule has 1 saturated carbocycles. The molecule has 1 saturated heterocycles. The molecule has 2 heteroatoms. The molecular weight excluding hydrogens is 234 g/mol. The molecule has 2 fully saturated rings. The Kier molecular flexibility index (Phi) is 5.44. The molecule has 0 aromatic carbocycles. The third-order valence-corrected chi connectivity index (χ3v) is 5.51. The molecule has 0 spiro atoms. The van der Waals surface area contributed by atoms with Crippen molar-refractivity contribution in [1.82, 2.24) is 4.90 Å². The maximum atomic E-state index is 11.4. The van der Waals surface area contributed by atoms with Gasteiger partial charge < -0.3 is 4.90 Å². The number of hydrogen-bond donors (Lipinski definition) is 0. The van der Waals surface area contributed by atoms with E-state index in [4.69, 9.17) is 0 Å². The lowest BCUT2D eigenvalue weighted by Crippen LogP contribution is -2.39. The van der Waals surface area contributed by atoms with Gasteiger partial charge >= 0.3 is 0 Å². The standard InChI is InChI=1S/C17H31NO/c1-13(2)16-6-4-15(5-7-16)12-18-10-8-17(9-11-18)14(3)19/h13,15-17H,4-12H2,1-3H3/t15-,16-. The summed E-state index contributed by atoms with van der Waals surface area (Å²) in [6, 6.07) is 0. The molecule has 0 radical (unpaired) electrons. The highest BCUT2D eigenvalue weighted by Gasteiger charge is 2.27. The van der Waals surface area contributed by atoms with Crippen LogP contribution in [-0.2, 0) is 4.79 Å². The molecule has 0 unspecified atom stereocenters. The molecule has 0 N–H and O–H groups in total. The predicted octanol–water partition coefficient (Wildman–Crippen LogP) is 3.75. The summed E-state index contributed by atoms with van der Waals surface area (Å²) in [4.78, 5) is 14.0. The van der Waals surface area contributed by atoms with Crippen LogP contribution in [0.5, 0.6) is 0 Å². The number of carbonyl (C=O) groups excluding carboxylic acids is 1. The van der Waals surface area contributed by atoms with Crippen molar-refractivity contribution in [3.05, 3.63) is 0 Å². The largest absolute Gasteiger partial charge is 0.303 e. The minimum absolute atomic E-state index is 0.355. The molecule has 0 amide bonds. The van der Waals surface area contributed by atoms with Crippen molar-refractivity contribution in [3.8, 4) is 0 Å². The SMILES string of the molecule is CC(=O)C1CCN(C[C@H]2CC[C@H](C(C)C)CC2)CC1. The minimum Gasteiger partial charge on any atom is -0.303 e. The van der Waals surface area contributed by atoms with Crippen molar-refractivity contribution in [2.45, 2.75) is 59.3 Å². The molecule has 0 atom stereocenters. The first-order valence-electron chi connectivity index (χ1n) is 8.29. The lowest BCUT2D eigenvalue weighted by Gasteiger charge is -2.36. The van der Waals surface area contributed by atoms with E-state index in [9.17, 15) is 4.79 Å². The average molecular weight is 265 g/mol. The first-order valence-corrected chi connectivity index (χ1v) is 8.29. The number of piperidine rings is 1. The maximum absolute atomic E-state index is 11.4. The summed E-state index contributed by atoms with van der Waals surface area (Å²) in [5.74, 6) is 3.51. The Bertz CT molecular complexity index is 284. The molecule has 110 valence electrons. The zero-order valence-corrected chi connectivity index (χ0v) is 13.0. The fraction of sp³-hybridized carbons (Fsp3) is 0.941. The van der Waals surface area contributed by atoms with E-state index in [1.807, 2.05) is 0 Å². The fourth-order valence-electron chi connectivity index (χ4n) is 3.92. The van der Waals surface area contributed by atoms with Crippen molar-refractivity contribution in [3.63, 3.8) is 0 Å². The van der Waals surface area contributed by atoms with Crippen LogP contribution in [0.15, 0.2) is 0 Å². The number of nitrogens with zero attached hydrogens (tertiary/aromatic N) is 1. The van der Waals surface area contributed by atoms with Crippen LogP contribution < -0.4 is 0 Å². The molecule has 1 aliphatic carbocycles. The highest BCUT2D eigenvalue weighted by Crippen LogP contribution is 2.34. The molecule has 0 aromatic rings. The highest BCUT2D eigenvalue weighted by atomic mass is 16.1. The Labute approximate surface area is 118 Å². The van der Waals surface area contributed by atoms with E-state index < -0.39 is 0 Å². The van der Waals surface area contributed by atoms with Crippen LogP contribution in [0.25, 0.3) is 0 Å². The van der Waals surface area contributed by atoms with E-state index >= 15 is 0 Å². The van der Waals surface area contributed by atoms with E-state index in [-0.39, 0.29) is 0 Å². The molecule has 1 aliphatic heterocycles. The summed E-state index contributed by atoms with van der Waals surface area (Å²) in [5.41, 5.74) is 0. The summed E-state index contributed by atoms with van der Waals surface area (Å²) >= 11 is 0. The summed E-state index contributed by atoms with van der Waals surface area (Å²) in [7, 11) is 0. The van der Waals surface area contributed by atoms with Crippen LogP contribution in [0.4, 0.5) is 0 Å². The summed E-state index contributed by atoms with van der Waals surface area (Å²) in [6.07, 6.45) is 7.91. The number of hydrogen-bond acceptors (Lipinski definition) is 2. The Morgan fingerprint density at radius 3 is 2.11 bits per heavy atom. The van der Waals surface area contributed by atoms with Crippen molar-refractivity contribution in [2.24, 2.45) is 23.7 Å². The number of carbonyl (C=O) groups is 1. The molecule has 19 heavy (non-hydrogen) atoms. The third kappa shape index (κ3) is 4.30. The van der Waals surface area contributed by atoms with Crippen molar-refractivity contribution >= 4 is 5.78 Å². The number of likely N-dealkylation sites (tertiary alicyclic amines) is 1. The molecule has 0 bridgehead atoms. The van der Waals surface area contributed by atoms with Crippen molar-refractivity contribution in [2.75, 3.05) is 19.6 Å². The predicted molar refractivity (Wildman–Crippen MR) is 80.1 cm³/mol. The smallest absolute Gasteiger partial charge is 0.133 e. The van der Waals surface area contributed by atoms with Crippen molar-refractivity contribution in [1.29, 1.82) is 0 Å². The number of rotatable bonds is 4. The summed E-state index contributed by atoms with van der Waals surface area (Å²) in [6.45, 7) is 10.1. The highest BCUT2D eigenvalue weighted by molar-refractivity contribution is 5.78. The molecule has 0 aromatic heterocycles. The summed E-state index contributed by atoms with van der Waals surface area (Å²) in [5, 5.41) is 0. The second kappa shape index (κ2) is 6.88. The van der Waals surface area contributed by atoms with E-state index in [2.05, 4.69) is 18.7 Å². The van der Waals surface area contributed by atoms with Gasteiger partial charge in [-0.2, -0.15) is 0 Å². The zero-order chi connectivity index (χ0) is 13.8. The molecular formula is C17H31NO. The van der Waals surface area contributed by atoms with Gasteiger partial charge in [0, 0.05) is 12.5 Å². The van der Waals surface area contributed by atoms with Crippen LogP contribution in [0.3, 0.4) is 0 Å². The Morgan fingerprint density at radius 2 is 1.63 bits per heavy atom. The fourth-order valence-corrected chi connectivity index (χ4v) is 3.92. The maximum Gasteiger partial charge on any atom is 0.133 e. The van der Waals surface area contributed by atoms with Gasteiger partial charge in [-0.25, -0.2) is 0 Å². The van der Waals surface area contributed by atoms with E-state index in [1.54, 1.807) is 6.92 Å². The van der Waals surface area contributed by atoms with Crippen LogP contribution in [-0.4, -0.2) is 30.3 Å². The van der Waals surface area contributed by atoms with E-state index in [0.717, 1.165) is 43.7 Å². The van der Waals surface area contributed by atoms with Gasteiger partial charge in [-0.1, -0.05) is 13.8 Å². The average Bonchev–Trinajstić information content (AvgIpc) is 2.40. The van der Waals surface area contributed by atoms with Crippen LogP contribution in [0, 0.1) is 23.7 Å². The van der Waals surface area contributed by atoms with E-state index in [0.29, 0.717) is 11.7 Å². The molecule has 2 rings (SSSR count). The van der Waals surface area contributed by atoms with Gasteiger partial charge in [0.25, 0.3) is 0 Å². The number of ketones is 1. The molecule has 1 heterocycles. The Hall–Kier alpha value is -0.370. The summed E-state index contributed by atoms with van der Waals surface area (Å²) < 4.78 is 0.